The van der Waals surface area contributed by atoms with Crippen molar-refractivity contribution in [1.82, 2.24) is 10.2 Å². The van der Waals surface area contributed by atoms with Gasteiger partial charge in [0.2, 0.25) is 0 Å². The van der Waals surface area contributed by atoms with Gasteiger partial charge in [-0.2, -0.15) is 0 Å². The van der Waals surface area contributed by atoms with E-state index >= 15 is 0 Å². The van der Waals surface area contributed by atoms with E-state index in [4.69, 9.17) is 0 Å². The van der Waals surface area contributed by atoms with Crippen molar-refractivity contribution in [2.24, 2.45) is 5.41 Å². The van der Waals surface area contributed by atoms with Gasteiger partial charge in [0.15, 0.2) is 0 Å². The predicted octanol–water partition coefficient (Wildman–Crippen LogP) is 3.03. The smallest absolute Gasteiger partial charge is 0.0195 e. The van der Waals surface area contributed by atoms with E-state index in [2.05, 4.69) is 24.1 Å². The van der Waals surface area contributed by atoms with Gasteiger partial charge in [0.05, 0.1) is 0 Å². The van der Waals surface area contributed by atoms with E-state index < -0.39 is 0 Å². The quantitative estimate of drug-likeness (QED) is 0.810. The standard InChI is InChI=1S/C15H30N2/c1-3-15(4-2)8-11-17(12-9-15)13-14-7-5-6-10-16-14/h14,16H,3-13H2,1-2H3/t14-/m0/s1. The molecule has 17 heavy (non-hydrogen) atoms. The van der Waals surface area contributed by atoms with Crippen molar-refractivity contribution in [1.29, 1.82) is 0 Å². The van der Waals surface area contributed by atoms with E-state index in [0.717, 1.165) is 6.04 Å². The van der Waals surface area contributed by atoms with Gasteiger partial charge in [-0.15, -0.1) is 0 Å². The molecule has 0 aromatic heterocycles. The number of likely N-dealkylation sites (tertiary alicyclic amines) is 1. The molecule has 0 amide bonds. The topological polar surface area (TPSA) is 15.3 Å². The van der Waals surface area contributed by atoms with E-state index in [0.29, 0.717) is 5.41 Å². The van der Waals surface area contributed by atoms with Gasteiger partial charge in [0.1, 0.15) is 0 Å². The fourth-order valence-electron chi connectivity index (χ4n) is 3.56. The fraction of sp³-hybridized carbons (Fsp3) is 1.00. The van der Waals surface area contributed by atoms with Crippen molar-refractivity contribution in [3.8, 4) is 0 Å². The summed E-state index contributed by atoms with van der Waals surface area (Å²) < 4.78 is 0. The number of rotatable bonds is 4. The van der Waals surface area contributed by atoms with Crippen molar-refractivity contribution in [2.45, 2.75) is 64.8 Å². The molecule has 0 aromatic carbocycles. The zero-order valence-corrected chi connectivity index (χ0v) is 11.8. The number of nitrogens with one attached hydrogen (secondary N) is 1. The SMILES string of the molecule is CCC1(CC)CCN(C[C@@H]2CCCCN2)CC1. The summed E-state index contributed by atoms with van der Waals surface area (Å²) in [5.41, 5.74) is 0.677. The second-order valence-electron chi connectivity index (χ2n) is 6.15. The molecule has 0 saturated carbocycles. The van der Waals surface area contributed by atoms with Crippen LogP contribution in [0.1, 0.15) is 58.8 Å². The molecular weight excluding hydrogens is 208 g/mol. The Bertz CT molecular complexity index is 207. The summed E-state index contributed by atoms with van der Waals surface area (Å²) in [5, 5.41) is 3.67. The lowest BCUT2D eigenvalue weighted by atomic mass is 9.74. The van der Waals surface area contributed by atoms with E-state index in [1.54, 1.807) is 0 Å². The zero-order valence-electron chi connectivity index (χ0n) is 11.8. The molecule has 2 aliphatic heterocycles. The highest BCUT2D eigenvalue weighted by Gasteiger charge is 2.31. The Morgan fingerprint density at radius 2 is 1.82 bits per heavy atom. The molecule has 0 aliphatic carbocycles. The maximum atomic E-state index is 3.67. The monoisotopic (exact) mass is 238 g/mol. The number of nitrogens with zero attached hydrogens (tertiary/aromatic N) is 1. The third-order valence-electron chi connectivity index (χ3n) is 5.31. The maximum Gasteiger partial charge on any atom is 0.0195 e. The molecule has 100 valence electrons. The highest BCUT2D eigenvalue weighted by molar-refractivity contribution is 4.86. The molecule has 2 heterocycles. The Labute approximate surface area is 107 Å². The van der Waals surface area contributed by atoms with Gasteiger partial charge in [0.25, 0.3) is 0 Å². The molecule has 0 bridgehead atoms. The summed E-state index contributed by atoms with van der Waals surface area (Å²) in [6, 6.07) is 0.777. The second-order valence-corrected chi connectivity index (χ2v) is 6.15. The van der Waals surface area contributed by atoms with E-state index in [1.807, 2.05) is 0 Å². The number of piperidine rings is 2. The molecule has 2 fully saturated rings. The van der Waals surface area contributed by atoms with Crippen LogP contribution in [0.3, 0.4) is 0 Å². The van der Waals surface area contributed by atoms with Gasteiger partial charge >= 0.3 is 0 Å². The Kier molecular flexibility index (Phi) is 4.87. The minimum atomic E-state index is 0.677. The average molecular weight is 238 g/mol. The Morgan fingerprint density at radius 3 is 2.35 bits per heavy atom. The summed E-state index contributed by atoms with van der Waals surface area (Å²) in [6.07, 6.45) is 9.80. The van der Waals surface area contributed by atoms with Gasteiger partial charge in [-0.05, 0) is 50.7 Å². The summed E-state index contributed by atoms with van der Waals surface area (Å²) in [7, 11) is 0. The van der Waals surface area contributed by atoms with Crippen molar-refractivity contribution in [3.05, 3.63) is 0 Å². The minimum absolute atomic E-state index is 0.677. The zero-order chi connectivity index (χ0) is 12.1. The van der Waals surface area contributed by atoms with Crippen molar-refractivity contribution in [3.63, 3.8) is 0 Å². The number of hydrogen-bond acceptors (Lipinski definition) is 2. The summed E-state index contributed by atoms with van der Waals surface area (Å²) in [5.74, 6) is 0. The van der Waals surface area contributed by atoms with Gasteiger partial charge < -0.3 is 10.2 Å². The normalized spacial score (nSPS) is 30.4. The van der Waals surface area contributed by atoms with Crippen LogP contribution in [0.4, 0.5) is 0 Å². The molecular formula is C15H30N2. The summed E-state index contributed by atoms with van der Waals surface area (Å²) >= 11 is 0. The molecule has 2 nitrogen and oxygen atoms in total. The van der Waals surface area contributed by atoms with Crippen LogP contribution in [0.15, 0.2) is 0 Å². The first-order valence-electron chi connectivity index (χ1n) is 7.74. The maximum absolute atomic E-state index is 3.67. The summed E-state index contributed by atoms with van der Waals surface area (Å²) in [4.78, 5) is 2.70. The average Bonchev–Trinajstić information content (AvgIpc) is 2.41. The van der Waals surface area contributed by atoms with Crippen molar-refractivity contribution in [2.75, 3.05) is 26.2 Å². The van der Waals surface area contributed by atoms with Gasteiger partial charge in [-0.3, -0.25) is 0 Å². The molecule has 2 rings (SSSR count). The van der Waals surface area contributed by atoms with E-state index in [-0.39, 0.29) is 0 Å². The third-order valence-corrected chi connectivity index (χ3v) is 5.31. The van der Waals surface area contributed by atoms with Crippen LogP contribution < -0.4 is 5.32 Å². The molecule has 0 aromatic rings. The van der Waals surface area contributed by atoms with Crippen LogP contribution in [0, 0.1) is 5.41 Å². The molecule has 0 unspecified atom stereocenters. The van der Waals surface area contributed by atoms with Crippen molar-refractivity contribution < 1.29 is 0 Å². The molecule has 2 saturated heterocycles. The fourth-order valence-corrected chi connectivity index (χ4v) is 3.56. The lowest BCUT2D eigenvalue weighted by Gasteiger charge is -2.42. The third kappa shape index (κ3) is 3.45. The molecule has 2 aliphatic rings. The first-order chi connectivity index (χ1) is 8.28. The highest BCUT2D eigenvalue weighted by atomic mass is 15.2. The lowest BCUT2D eigenvalue weighted by molar-refractivity contribution is 0.0858. The van der Waals surface area contributed by atoms with Crippen molar-refractivity contribution >= 4 is 0 Å². The predicted molar refractivity (Wildman–Crippen MR) is 74.3 cm³/mol. The Morgan fingerprint density at radius 1 is 1.12 bits per heavy atom. The molecule has 0 spiro atoms. The molecule has 1 N–H and O–H groups in total. The van der Waals surface area contributed by atoms with E-state index in [9.17, 15) is 0 Å². The van der Waals surface area contributed by atoms with Gasteiger partial charge in [-0.25, -0.2) is 0 Å². The lowest BCUT2D eigenvalue weighted by Crippen LogP contribution is -2.47. The summed E-state index contributed by atoms with van der Waals surface area (Å²) in [6.45, 7) is 9.96. The second kappa shape index (κ2) is 6.19. The van der Waals surface area contributed by atoms with Gasteiger partial charge in [0, 0.05) is 12.6 Å². The largest absolute Gasteiger partial charge is 0.313 e. The number of hydrogen-bond donors (Lipinski definition) is 1. The first kappa shape index (κ1) is 13.4. The molecule has 0 radical (unpaired) electrons. The first-order valence-corrected chi connectivity index (χ1v) is 7.74. The minimum Gasteiger partial charge on any atom is -0.313 e. The van der Waals surface area contributed by atoms with Crippen LogP contribution in [0.5, 0.6) is 0 Å². The Balaban J connectivity index is 1.74. The van der Waals surface area contributed by atoms with Crippen LogP contribution in [0.25, 0.3) is 0 Å². The Hall–Kier alpha value is -0.0800. The van der Waals surface area contributed by atoms with Crippen LogP contribution in [-0.4, -0.2) is 37.1 Å². The van der Waals surface area contributed by atoms with Crippen LogP contribution >= 0.6 is 0 Å². The van der Waals surface area contributed by atoms with Gasteiger partial charge in [-0.1, -0.05) is 33.1 Å². The highest BCUT2D eigenvalue weighted by Crippen LogP contribution is 2.37. The molecule has 1 atom stereocenters. The van der Waals surface area contributed by atoms with Crippen LogP contribution in [-0.2, 0) is 0 Å². The van der Waals surface area contributed by atoms with Crippen LogP contribution in [0.2, 0.25) is 0 Å². The van der Waals surface area contributed by atoms with E-state index in [1.165, 1.54) is 71.1 Å². The molecule has 2 heteroatoms.